The van der Waals surface area contributed by atoms with Gasteiger partial charge in [0.1, 0.15) is 5.82 Å². The third-order valence-corrected chi connectivity index (χ3v) is 4.31. The molecule has 2 aromatic rings. The fourth-order valence-electron chi connectivity index (χ4n) is 2.87. The highest BCUT2D eigenvalue weighted by atomic mass is 35.5. The summed E-state index contributed by atoms with van der Waals surface area (Å²) in [5.74, 6) is -0.714. The Morgan fingerprint density at radius 1 is 1.33 bits per heavy atom. The SMILES string of the molecule is Cc1c(F)cccc1NC(=O)c1nnn(C2CCNCC2)c1C.Cl. The van der Waals surface area contributed by atoms with E-state index in [1.165, 1.54) is 6.07 Å². The lowest BCUT2D eigenvalue weighted by Gasteiger charge is -2.23. The zero-order chi connectivity index (χ0) is 16.4. The van der Waals surface area contributed by atoms with Gasteiger partial charge in [-0.1, -0.05) is 11.3 Å². The minimum absolute atomic E-state index is 0. The number of rotatable bonds is 3. The van der Waals surface area contributed by atoms with Crippen LogP contribution in [0.3, 0.4) is 0 Å². The van der Waals surface area contributed by atoms with Crippen molar-refractivity contribution in [3.63, 3.8) is 0 Å². The molecule has 0 radical (unpaired) electrons. The highest BCUT2D eigenvalue weighted by Gasteiger charge is 2.23. The smallest absolute Gasteiger partial charge is 0.278 e. The molecule has 0 unspecified atom stereocenters. The second-order valence-electron chi connectivity index (χ2n) is 5.82. The molecule has 1 saturated heterocycles. The van der Waals surface area contributed by atoms with Gasteiger partial charge >= 0.3 is 0 Å². The van der Waals surface area contributed by atoms with E-state index in [2.05, 4.69) is 20.9 Å². The fourth-order valence-corrected chi connectivity index (χ4v) is 2.87. The van der Waals surface area contributed by atoms with E-state index in [0.29, 0.717) is 11.3 Å². The third-order valence-electron chi connectivity index (χ3n) is 4.31. The van der Waals surface area contributed by atoms with E-state index in [-0.39, 0.29) is 35.9 Å². The van der Waals surface area contributed by atoms with E-state index >= 15 is 0 Å². The molecule has 6 nitrogen and oxygen atoms in total. The molecule has 1 aliphatic heterocycles. The van der Waals surface area contributed by atoms with Crippen LogP contribution in [0.2, 0.25) is 0 Å². The maximum atomic E-state index is 13.6. The number of nitrogens with one attached hydrogen (secondary N) is 2. The standard InChI is InChI=1S/C16H20FN5O.ClH/c1-10-13(17)4-3-5-14(10)19-16(23)15-11(2)22(21-20-15)12-6-8-18-9-7-12;/h3-5,12,18H,6-9H2,1-2H3,(H,19,23);1H. The molecule has 1 fully saturated rings. The highest BCUT2D eigenvalue weighted by Crippen LogP contribution is 2.22. The van der Waals surface area contributed by atoms with Crippen LogP contribution in [0, 0.1) is 19.7 Å². The maximum absolute atomic E-state index is 13.6. The van der Waals surface area contributed by atoms with Gasteiger partial charge in [0.05, 0.1) is 11.7 Å². The van der Waals surface area contributed by atoms with Gasteiger partial charge in [0, 0.05) is 11.3 Å². The number of hydrogen-bond donors (Lipinski definition) is 2. The summed E-state index contributed by atoms with van der Waals surface area (Å²) in [5, 5.41) is 14.2. The number of carbonyl (C=O) groups excluding carboxylic acids is 1. The van der Waals surface area contributed by atoms with Crippen LogP contribution in [-0.4, -0.2) is 34.0 Å². The second kappa shape index (κ2) is 7.72. The van der Waals surface area contributed by atoms with Crippen molar-refractivity contribution < 1.29 is 9.18 Å². The molecule has 0 saturated carbocycles. The Labute approximate surface area is 146 Å². The number of carbonyl (C=O) groups is 1. The molecule has 3 rings (SSSR count). The van der Waals surface area contributed by atoms with Crippen molar-refractivity contribution in [3.8, 4) is 0 Å². The lowest BCUT2D eigenvalue weighted by atomic mass is 10.1. The summed E-state index contributed by atoms with van der Waals surface area (Å²) < 4.78 is 15.4. The zero-order valence-electron chi connectivity index (χ0n) is 13.7. The molecule has 0 atom stereocenters. The van der Waals surface area contributed by atoms with Crippen LogP contribution in [0.5, 0.6) is 0 Å². The maximum Gasteiger partial charge on any atom is 0.278 e. The Bertz CT molecular complexity index is 727. The molecular weight excluding hydrogens is 333 g/mol. The molecule has 8 heteroatoms. The molecule has 1 aromatic heterocycles. The van der Waals surface area contributed by atoms with Crippen LogP contribution in [0.4, 0.5) is 10.1 Å². The van der Waals surface area contributed by atoms with Crippen LogP contribution >= 0.6 is 12.4 Å². The van der Waals surface area contributed by atoms with Gasteiger partial charge in [0.2, 0.25) is 0 Å². The summed E-state index contributed by atoms with van der Waals surface area (Å²) in [5.41, 5.74) is 1.88. The van der Waals surface area contributed by atoms with Crippen molar-refractivity contribution in [1.29, 1.82) is 0 Å². The van der Waals surface area contributed by atoms with E-state index < -0.39 is 0 Å². The lowest BCUT2D eigenvalue weighted by molar-refractivity contribution is 0.102. The summed E-state index contributed by atoms with van der Waals surface area (Å²) in [7, 11) is 0. The Kier molecular flexibility index (Phi) is 5.90. The summed E-state index contributed by atoms with van der Waals surface area (Å²) in [4.78, 5) is 12.4. The average Bonchev–Trinajstić information content (AvgIpc) is 2.94. The minimum Gasteiger partial charge on any atom is -0.320 e. The molecule has 24 heavy (non-hydrogen) atoms. The van der Waals surface area contributed by atoms with E-state index in [4.69, 9.17) is 0 Å². The largest absolute Gasteiger partial charge is 0.320 e. The first-order valence-electron chi connectivity index (χ1n) is 7.77. The molecule has 1 amide bonds. The van der Waals surface area contributed by atoms with Gasteiger partial charge in [-0.25, -0.2) is 9.07 Å². The van der Waals surface area contributed by atoms with E-state index in [1.54, 1.807) is 19.1 Å². The number of halogens is 2. The first kappa shape index (κ1) is 18.4. The van der Waals surface area contributed by atoms with E-state index in [9.17, 15) is 9.18 Å². The number of anilines is 1. The van der Waals surface area contributed by atoms with Crippen molar-refractivity contribution in [2.24, 2.45) is 0 Å². The zero-order valence-corrected chi connectivity index (χ0v) is 14.5. The molecule has 1 aromatic carbocycles. The van der Waals surface area contributed by atoms with Crippen molar-refractivity contribution in [2.45, 2.75) is 32.7 Å². The molecule has 130 valence electrons. The van der Waals surface area contributed by atoms with Crippen LogP contribution in [0.25, 0.3) is 0 Å². The molecular formula is C16H21ClFN5O. The summed E-state index contributed by atoms with van der Waals surface area (Å²) in [6, 6.07) is 4.87. The monoisotopic (exact) mass is 353 g/mol. The van der Waals surface area contributed by atoms with Crippen molar-refractivity contribution in [2.75, 3.05) is 18.4 Å². The van der Waals surface area contributed by atoms with Gasteiger partial charge in [0.15, 0.2) is 5.69 Å². The van der Waals surface area contributed by atoms with Crippen LogP contribution in [-0.2, 0) is 0 Å². The minimum atomic E-state index is -0.364. The molecule has 1 aliphatic rings. The number of aromatic nitrogens is 3. The predicted octanol–water partition coefficient (Wildman–Crippen LogP) is 2.63. The van der Waals surface area contributed by atoms with Crippen molar-refractivity contribution >= 4 is 24.0 Å². The second-order valence-corrected chi connectivity index (χ2v) is 5.82. The average molecular weight is 354 g/mol. The summed E-state index contributed by atoms with van der Waals surface area (Å²) in [6.07, 6.45) is 1.93. The normalized spacial score (nSPS) is 15.0. The predicted molar refractivity (Wildman–Crippen MR) is 92.2 cm³/mol. The van der Waals surface area contributed by atoms with Crippen LogP contribution in [0.15, 0.2) is 18.2 Å². The van der Waals surface area contributed by atoms with E-state index in [1.807, 2.05) is 11.6 Å². The number of hydrogen-bond acceptors (Lipinski definition) is 4. The highest BCUT2D eigenvalue weighted by molar-refractivity contribution is 6.03. The Morgan fingerprint density at radius 2 is 2.04 bits per heavy atom. The molecule has 0 aliphatic carbocycles. The van der Waals surface area contributed by atoms with E-state index in [0.717, 1.165) is 31.6 Å². The quantitative estimate of drug-likeness (QED) is 0.889. The third kappa shape index (κ3) is 3.57. The lowest BCUT2D eigenvalue weighted by Crippen LogP contribution is -2.30. The molecule has 2 heterocycles. The van der Waals surface area contributed by atoms with Gasteiger partial charge in [-0.3, -0.25) is 4.79 Å². The Morgan fingerprint density at radius 3 is 2.75 bits per heavy atom. The first-order valence-corrected chi connectivity index (χ1v) is 7.77. The number of piperidine rings is 1. The molecule has 2 N–H and O–H groups in total. The number of nitrogens with zero attached hydrogens (tertiary/aromatic N) is 3. The fraction of sp³-hybridized carbons (Fsp3) is 0.438. The van der Waals surface area contributed by atoms with Gasteiger partial charge in [0.25, 0.3) is 5.91 Å². The van der Waals surface area contributed by atoms with Crippen molar-refractivity contribution in [1.82, 2.24) is 20.3 Å². The first-order chi connectivity index (χ1) is 11.1. The van der Waals surface area contributed by atoms with Gasteiger partial charge in [-0.05, 0) is 51.9 Å². The summed E-state index contributed by atoms with van der Waals surface area (Å²) in [6.45, 7) is 5.35. The van der Waals surface area contributed by atoms with Crippen LogP contribution < -0.4 is 10.6 Å². The Hall–Kier alpha value is -1.99. The number of amides is 1. The number of benzene rings is 1. The van der Waals surface area contributed by atoms with Crippen molar-refractivity contribution in [3.05, 3.63) is 41.0 Å². The van der Waals surface area contributed by atoms with Gasteiger partial charge < -0.3 is 10.6 Å². The molecule has 0 spiro atoms. The topological polar surface area (TPSA) is 71.8 Å². The molecule has 0 bridgehead atoms. The van der Waals surface area contributed by atoms with Gasteiger partial charge in [-0.15, -0.1) is 17.5 Å². The summed E-state index contributed by atoms with van der Waals surface area (Å²) >= 11 is 0. The Balaban J connectivity index is 0.00000208. The van der Waals surface area contributed by atoms with Gasteiger partial charge in [-0.2, -0.15) is 0 Å². The van der Waals surface area contributed by atoms with Crippen LogP contribution in [0.1, 0.15) is 40.6 Å².